The maximum Gasteiger partial charge on any atom is 0.241 e. The van der Waals surface area contributed by atoms with Crippen LogP contribution in [0.15, 0.2) is 78.9 Å². The average Bonchev–Trinajstić information content (AvgIpc) is 2.80. The molecule has 3 aromatic rings. The lowest BCUT2D eigenvalue weighted by Crippen LogP contribution is -2.52. The zero-order valence-electron chi connectivity index (χ0n) is 17.2. The number of rotatable bonds is 5. The van der Waals surface area contributed by atoms with Crippen LogP contribution in [0.1, 0.15) is 6.92 Å². The van der Waals surface area contributed by atoms with Crippen LogP contribution in [0.4, 0.5) is 11.4 Å². The third kappa shape index (κ3) is 4.47. The molecule has 1 amide bonds. The van der Waals surface area contributed by atoms with Gasteiger partial charge in [0, 0.05) is 43.1 Å². The maximum atomic E-state index is 13.0. The summed E-state index contributed by atoms with van der Waals surface area (Å²) in [5.74, 6) is 0.287. The van der Waals surface area contributed by atoms with Crippen LogP contribution in [0.3, 0.4) is 0 Å². The minimum atomic E-state index is -0.212. The Kier molecular flexibility index (Phi) is 6.00. The Labute approximate surface area is 177 Å². The van der Waals surface area contributed by atoms with Crippen LogP contribution in [0.2, 0.25) is 0 Å². The molecule has 0 radical (unpaired) electrons. The van der Waals surface area contributed by atoms with E-state index in [1.54, 1.807) is 12.1 Å². The van der Waals surface area contributed by atoms with Crippen molar-refractivity contribution < 1.29 is 9.90 Å². The number of anilines is 2. The first kappa shape index (κ1) is 20.0. The van der Waals surface area contributed by atoms with Crippen LogP contribution in [0.5, 0.6) is 5.75 Å². The van der Waals surface area contributed by atoms with Crippen molar-refractivity contribution in [1.29, 1.82) is 0 Å². The van der Waals surface area contributed by atoms with Crippen molar-refractivity contribution in [2.45, 2.75) is 13.0 Å². The van der Waals surface area contributed by atoms with Gasteiger partial charge in [0.1, 0.15) is 5.75 Å². The van der Waals surface area contributed by atoms with E-state index in [-0.39, 0.29) is 17.7 Å². The molecule has 1 aliphatic rings. The van der Waals surface area contributed by atoms with E-state index in [0.29, 0.717) is 0 Å². The van der Waals surface area contributed by atoms with Crippen LogP contribution in [-0.4, -0.2) is 48.1 Å². The fraction of sp³-hybridized carbons (Fsp3) is 0.240. The van der Waals surface area contributed by atoms with Crippen LogP contribution < -0.4 is 10.2 Å². The van der Waals surface area contributed by atoms with Gasteiger partial charge in [0.05, 0.1) is 6.04 Å². The molecule has 4 rings (SSSR count). The van der Waals surface area contributed by atoms with Crippen LogP contribution in [0.25, 0.3) is 11.1 Å². The fourth-order valence-electron chi connectivity index (χ4n) is 3.90. The number of carbonyl (C=O) groups is 1. The summed E-state index contributed by atoms with van der Waals surface area (Å²) in [4.78, 5) is 17.5. The number of carbonyl (C=O) groups excluding carboxylic acids is 1. The number of hydrogen-bond donors (Lipinski definition) is 2. The van der Waals surface area contributed by atoms with E-state index in [1.165, 1.54) is 0 Å². The van der Waals surface area contributed by atoms with E-state index in [0.717, 1.165) is 48.7 Å². The highest BCUT2D eigenvalue weighted by Crippen LogP contribution is 2.28. The lowest BCUT2D eigenvalue weighted by Gasteiger charge is -2.38. The molecule has 0 unspecified atom stereocenters. The maximum absolute atomic E-state index is 13.0. The van der Waals surface area contributed by atoms with Crippen molar-refractivity contribution in [1.82, 2.24) is 4.90 Å². The molecule has 3 aromatic carbocycles. The minimum Gasteiger partial charge on any atom is -0.508 e. The van der Waals surface area contributed by atoms with E-state index in [2.05, 4.69) is 27.2 Å². The van der Waals surface area contributed by atoms with Gasteiger partial charge in [0.25, 0.3) is 0 Å². The Hall–Kier alpha value is -3.31. The SMILES string of the molecule is C[C@H](C(=O)Nc1ccccc1-c1ccccc1)N1CCN(c2ccc(O)cc2)CC1. The van der Waals surface area contributed by atoms with Gasteiger partial charge in [-0.2, -0.15) is 0 Å². The number of benzene rings is 3. The van der Waals surface area contributed by atoms with Gasteiger partial charge in [-0.05, 0) is 42.8 Å². The molecule has 0 saturated carbocycles. The predicted molar refractivity (Wildman–Crippen MR) is 122 cm³/mol. The minimum absolute atomic E-state index is 0.0106. The van der Waals surface area contributed by atoms with E-state index in [4.69, 9.17) is 0 Å². The smallest absolute Gasteiger partial charge is 0.241 e. The molecule has 0 spiro atoms. The topological polar surface area (TPSA) is 55.8 Å². The molecule has 0 aliphatic carbocycles. The lowest BCUT2D eigenvalue weighted by atomic mass is 10.0. The van der Waals surface area contributed by atoms with Crippen molar-refractivity contribution in [3.63, 3.8) is 0 Å². The summed E-state index contributed by atoms with van der Waals surface area (Å²) in [5.41, 5.74) is 4.05. The molecule has 1 heterocycles. The number of piperazine rings is 1. The number of para-hydroxylation sites is 1. The quantitative estimate of drug-likeness (QED) is 0.673. The monoisotopic (exact) mass is 401 g/mol. The molecule has 1 aliphatic heterocycles. The van der Waals surface area contributed by atoms with Crippen molar-refractivity contribution in [3.05, 3.63) is 78.9 Å². The first-order valence-electron chi connectivity index (χ1n) is 10.3. The largest absolute Gasteiger partial charge is 0.508 e. The predicted octanol–water partition coefficient (Wildman–Crippen LogP) is 4.21. The van der Waals surface area contributed by atoms with Gasteiger partial charge in [0.15, 0.2) is 0 Å². The van der Waals surface area contributed by atoms with Gasteiger partial charge in [-0.1, -0.05) is 48.5 Å². The average molecular weight is 402 g/mol. The first-order chi connectivity index (χ1) is 14.6. The summed E-state index contributed by atoms with van der Waals surface area (Å²) in [6.45, 7) is 5.30. The Balaban J connectivity index is 1.39. The summed E-state index contributed by atoms with van der Waals surface area (Å²) >= 11 is 0. The van der Waals surface area contributed by atoms with E-state index in [1.807, 2.05) is 61.5 Å². The number of phenols is 1. The molecular formula is C25H27N3O2. The van der Waals surface area contributed by atoms with Crippen LogP contribution in [-0.2, 0) is 4.79 Å². The molecule has 5 nitrogen and oxygen atoms in total. The highest BCUT2D eigenvalue weighted by atomic mass is 16.3. The van der Waals surface area contributed by atoms with E-state index >= 15 is 0 Å². The third-order valence-electron chi connectivity index (χ3n) is 5.73. The first-order valence-corrected chi connectivity index (χ1v) is 10.3. The summed E-state index contributed by atoms with van der Waals surface area (Å²) in [6.07, 6.45) is 0. The van der Waals surface area contributed by atoms with Crippen molar-refractivity contribution in [2.75, 3.05) is 36.4 Å². The van der Waals surface area contributed by atoms with Crippen LogP contribution in [0, 0.1) is 0 Å². The molecule has 1 atom stereocenters. The Morgan fingerprint density at radius 2 is 1.50 bits per heavy atom. The molecule has 154 valence electrons. The highest BCUT2D eigenvalue weighted by Gasteiger charge is 2.26. The second-order valence-corrected chi connectivity index (χ2v) is 7.62. The molecule has 30 heavy (non-hydrogen) atoms. The van der Waals surface area contributed by atoms with Gasteiger partial charge in [-0.3, -0.25) is 9.69 Å². The molecule has 0 aromatic heterocycles. The number of aromatic hydroxyl groups is 1. The molecule has 5 heteroatoms. The highest BCUT2D eigenvalue weighted by molar-refractivity contribution is 5.98. The van der Waals surface area contributed by atoms with Crippen molar-refractivity contribution in [3.8, 4) is 16.9 Å². The van der Waals surface area contributed by atoms with Crippen LogP contribution >= 0.6 is 0 Å². The standard InChI is InChI=1S/C25H27N3O2/c1-19(27-15-17-28(18-16-27)21-11-13-22(29)14-12-21)25(30)26-24-10-6-5-9-23(24)20-7-3-2-4-8-20/h2-14,19,29H,15-18H2,1H3,(H,26,30)/t19-/m1/s1. The molecule has 2 N–H and O–H groups in total. The second kappa shape index (κ2) is 9.01. The summed E-state index contributed by atoms with van der Waals surface area (Å²) in [6, 6.07) is 25.1. The molecule has 1 saturated heterocycles. The zero-order chi connectivity index (χ0) is 20.9. The summed E-state index contributed by atoms with van der Waals surface area (Å²) in [7, 11) is 0. The van der Waals surface area contributed by atoms with Gasteiger partial charge < -0.3 is 15.3 Å². The molecule has 1 fully saturated rings. The van der Waals surface area contributed by atoms with Gasteiger partial charge in [0.2, 0.25) is 5.91 Å². The lowest BCUT2D eigenvalue weighted by molar-refractivity contribution is -0.120. The number of hydrogen-bond acceptors (Lipinski definition) is 4. The van der Waals surface area contributed by atoms with Crippen molar-refractivity contribution >= 4 is 17.3 Å². The number of nitrogens with one attached hydrogen (secondary N) is 1. The number of nitrogens with zero attached hydrogens (tertiary/aromatic N) is 2. The van der Waals surface area contributed by atoms with E-state index < -0.39 is 0 Å². The third-order valence-corrected chi connectivity index (χ3v) is 5.73. The van der Waals surface area contributed by atoms with E-state index in [9.17, 15) is 9.90 Å². The molecular weight excluding hydrogens is 374 g/mol. The number of phenolic OH excluding ortho intramolecular Hbond substituents is 1. The fourth-order valence-corrected chi connectivity index (χ4v) is 3.90. The Morgan fingerprint density at radius 3 is 2.20 bits per heavy atom. The normalized spacial score (nSPS) is 15.6. The van der Waals surface area contributed by atoms with Gasteiger partial charge >= 0.3 is 0 Å². The van der Waals surface area contributed by atoms with Crippen molar-refractivity contribution in [2.24, 2.45) is 0 Å². The van der Waals surface area contributed by atoms with Gasteiger partial charge in [-0.25, -0.2) is 0 Å². The summed E-state index contributed by atoms with van der Waals surface area (Å²) in [5, 5.41) is 12.6. The molecule has 0 bridgehead atoms. The zero-order valence-corrected chi connectivity index (χ0v) is 17.2. The number of amides is 1. The Morgan fingerprint density at radius 1 is 0.867 bits per heavy atom. The second-order valence-electron chi connectivity index (χ2n) is 7.62. The van der Waals surface area contributed by atoms with Gasteiger partial charge in [-0.15, -0.1) is 0 Å². The Bertz CT molecular complexity index is 981. The summed E-state index contributed by atoms with van der Waals surface area (Å²) < 4.78 is 0.